The maximum atomic E-state index is 13.5. The fraction of sp³-hybridized carbons (Fsp3) is 0.444. The number of fused-ring (bicyclic) bond motifs is 1. The van der Waals surface area contributed by atoms with Crippen LogP contribution in [0.1, 0.15) is 6.92 Å². The third-order valence-electron chi connectivity index (χ3n) is 7.30. The zero-order valence-corrected chi connectivity index (χ0v) is 22.3. The Hall–Kier alpha value is -3.71. The number of hydrogen-bond acceptors (Lipinski definition) is 16. The summed E-state index contributed by atoms with van der Waals surface area (Å²) in [6.45, 7) is 0.827. The summed E-state index contributed by atoms with van der Waals surface area (Å²) in [5.41, 5.74) is -1.19. The third-order valence-corrected chi connectivity index (χ3v) is 7.30. The molecule has 10 N–H and O–H groups in total. The molecule has 0 radical (unpaired) electrons. The van der Waals surface area contributed by atoms with Gasteiger partial charge in [-0.2, -0.15) is 0 Å². The number of ether oxygens (including phenoxy) is 4. The first-order chi connectivity index (χ1) is 20.3. The molecular formula is C27H30O16. The largest absolute Gasteiger partial charge is 0.508 e. The summed E-state index contributed by atoms with van der Waals surface area (Å²) in [6, 6.07) is 5.39. The molecule has 2 saturated heterocycles. The number of aromatic hydroxyl groups is 4. The monoisotopic (exact) mass is 610 g/mol. The second kappa shape index (κ2) is 11.8. The highest BCUT2D eigenvalue weighted by Crippen LogP contribution is 2.42. The lowest BCUT2D eigenvalue weighted by molar-refractivity contribution is -0.318. The molecule has 0 unspecified atom stereocenters. The van der Waals surface area contributed by atoms with Crippen molar-refractivity contribution in [2.24, 2.45) is 0 Å². The summed E-state index contributed by atoms with van der Waals surface area (Å²) in [4.78, 5) is 13.5. The average Bonchev–Trinajstić information content (AvgIpc) is 2.97. The van der Waals surface area contributed by atoms with E-state index in [9.17, 15) is 55.9 Å². The van der Waals surface area contributed by atoms with Gasteiger partial charge in [0.25, 0.3) is 0 Å². The van der Waals surface area contributed by atoms with Crippen LogP contribution in [0.2, 0.25) is 0 Å². The molecule has 2 aliphatic rings. The molecule has 0 bridgehead atoms. The molecule has 3 aromatic rings. The van der Waals surface area contributed by atoms with E-state index < -0.39 is 102 Å². The minimum Gasteiger partial charge on any atom is -0.508 e. The number of hydrogen-bond donors (Lipinski definition) is 10. The molecule has 234 valence electrons. The van der Waals surface area contributed by atoms with Gasteiger partial charge in [0.05, 0.1) is 18.1 Å². The maximum absolute atomic E-state index is 13.5. The van der Waals surface area contributed by atoms with Crippen LogP contribution in [-0.2, 0) is 14.2 Å². The van der Waals surface area contributed by atoms with Crippen LogP contribution in [0.25, 0.3) is 22.3 Å². The molecule has 0 aliphatic carbocycles. The lowest BCUT2D eigenvalue weighted by atomic mass is 9.98. The van der Waals surface area contributed by atoms with Gasteiger partial charge in [0.2, 0.25) is 17.5 Å². The normalized spacial score (nSPS) is 33.0. The molecule has 3 heterocycles. The number of aliphatic hydroxyl groups is 6. The lowest BCUT2D eigenvalue weighted by Crippen LogP contribution is -2.61. The second-order valence-corrected chi connectivity index (χ2v) is 10.3. The number of phenolic OH excluding ortho intramolecular Hbond substituents is 4. The standard InChI is InChI=1S/C27H30O16/c1-8-16(31)20(35)22(37)26(40-8)39-7-15-19(34)21(36)23(38)27(42-15)43-25-17(32)11-3-2-10(28)6-14(11)41-24(25)9-4-12(29)18(33)13(30)5-9/h2-6,8,15-16,19-23,26-31,33-38H,7H2,1H3/t8-,15-,16+,19-,20-,21+,22+,23-,26-,27+/m1/s1. The summed E-state index contributed by atoms with van der Waals surface area (Å²) in [6.07, 6.45) is -16.1. The van der Waals surface area contributed by atoms with Gasteiger partial charge < -0.3 is 74.4 Å². The van der Waals surface area contributed by atoms with Crippen LogP contribution in [-0.4, -0.2) is 119 Å². The Morgan fingerprint density at radius 1 is 0.767 bits per heavy atom. The van der Waals surface area contributed by atoms with Gasteiger partial charge in [-0.15, -0.1) is 0 Å². The van der Waals surface area contributed by atoms with Gasteiger partial charge in [-0.3, -0.25) is 4.79 Å². The molecule has 16 heteroatoms. The predicted molar refractivity (Wildman–Crippen MR) is 140 cm³/mol. The van der Waals surface area contributed by atoms with E-state index in [-0.39, 0.29) is 22.3 Å². The maximum Gasteiger partial charge on any atom is 0.235 e. The van der Waals surface area contributed by atoms with Gasteiger partial charge in [0, 0.05) is 11.6 Å². The number of benzene rings is 2. The second-order valence-electron chi connectivity index (χ2n) is 10.3. The Morgan fingerprint density at radius 2 is 1.40 bits per heavy atom. The molecule has 0 saturated carbocycles. The smallest absolute Gasteiger partial charge is 0.235 e. The van der Waals surface area contributed by atoms with E-state index in [1.807, 2.05) is 0 Å². The van der Waals surface area contributed by atoms with Crippen LogP contribution in [0.3, 0.4) is 0 Å². The van der Waals surface area contributed by atoms with Crippen molar-refractivity contribution in [3.05, 3.63) is 40.6 Å². The lowest BCUT2D eigenvalue weighted by Gasteiger charge is -2.42. The van der Waals surface area contributed by atoms with Gasteiger partial charge in [-0.05, 0) is 31.2 Å². The molecule has 43 heavy (non-hydrogen) atoms. The van der Waals surface area contributed by atoms with E-state index >= 15 is 0 Å². The summed E-state index contributed by atoms with van der Waals surface area (Å²) >= 11 is 0. The van der Waals surface area contributed by atoms with E-state index in [0.29, 0.717) is 0 Å². The fourth-order valence-electron chi connectivity index (χ4n) is 4.81. The summed E-state index contributed by atoms with van der Waals surface area (Å²) < 4.78 is 27.9. The highest BCUT2D eigenvalue weighted by molar-refractivity contribution is 5.83. The Kier molecular flexibility index (Phi) is 8.41. The average molecular weight is 611 g/mol. The third kappa shape index (κ3) is 5.67. The molecule has 10 atom stereocenters. The Balaban J connectivity index is 1.47. The van der Waals surface area contributed by atoms with Gasteiger partial charge in [0.15, 0.2) is 29.3 Å². The van der Waals surface area contributed by atoms with Crippen LogP contribution in [0.5, 0.6) is 28.7 Å². The van der Waals surface area contributed by atoms with Crippen LogP contribution in [0.15, 0.2) is 39.5 Å². The van der Waals surface area contributed by atoms with E-state index in [1.54, 1.807) is 0 Å². The quantitative estimate of drug-likeness (QED) is 0.140. The first-order valence-corrected chi connectivity index (χ1v) is 13.0. The van der Waals surface area contributed by atoms with E-state index in [0.717, 1.165) is 18.2 Å². The van der Waals surface area contributed by atoms with Crippen molar-refractivity contribution >= 4 is 11.0 Å². The molecular weight excluding hydrogens is 580 g/mol. The Bertz CT molecular complexity index is 1520. The molecule has 2 aliphatic heterocycles. The Morgan fingerprint density at radius 3 is 2.07 bits per heavy atom. The van der Waals surface area contributed by atoms with Crippen molar-refractivity contribution in [3.63, 3.8) is 0 Å². The van der Waals surface area contributed by atoms with E-state index in [2.05, 4.69) is 0 Å². The van der Waals surface area contributed by atoms with Crippen molar-refractivity contribution < 1.29 is 74.4 Å². The molecule has 2 fully saturated rings. The number of rotatable bonds is 6. The Labute approximate surface area is 241 Å². The van der Waals surface area contributed by atoms with Crippen molar-refractivity contribution in [1.29, 1.82) is 0 Å². The topological polar surface area (TPSA) is 269 Å². The predicted octanol–water partition coefficient (Wildman–Crippen LogP) is -1.69. The summed E-state index contributed by atoms with van der Waals surface area (Å²) in [5.74, 6) is -3.79. The van der Waals surface area contributed by atoms with Gasteiger partial charge in [-0.1, -0.05) is 0 Å². The van der Waals surface area contributed by atoms with Gasteiger partial charge in [0.1, 0.15) is 54.1 Å². The molecule has 0 amide bonds. The number of phenols is 4. The summed E-state index contributed by atoms with van der Waals surface area (Å²) in [7, 11) is 0. The molecule has 0 spiro atoms. The van der Waals surface area contributed by atoms with Crippen LogP contribution in [0.4, 0.5) is 0 Å². The van der Waals surface area contributed by atoms with Gasteiger partial charge in [-0.25, -0.2) is 0 Å². The zero-order chi connectivity index (χ0) is 31.3. The van der Waals surface area contributed by atoms with Crippen LogP contribution < -0.4 is 10.2 Å². The van der Waals surface area contributed by atoms with Crippen molar-refractivity contribution in [2.75, 3.05) is 6.61 Å². The fourth-order valence-corrected chi connectivity index (χ4v) is 4.81. The van der Waals surface area contributed by atoms with Crippen molar-refractivity contribution in [3.8, 4) is 40.1 Å². The minimum atomic E-state index is -1.95. The zero-order valence-electron chi connectivity index (χ0n) is 22.3. The highest BCUT2D eigenvalue weighted by atomic mass is 16.7. The molecule has 16 nitrogen and oxygen atoms in total. The SMILES string of the molecule is C[C@H]1O[C@@H](OC[C@H]2O[C@@H](Oc3c(-c4cc(O)c(O)c(O)c4)oc4cc(O)ccc4c3=O)[C@H](O)[C@@H](O)[C@@H]2O)[C@@H](O)[C@H](O)[C@H]1O. The van der Waals surface area contributed by atoms with Crippen molar-refractivity contribution in [1.82, 2.24) is 0 Å². The minimum absolute atomic E-state index is 0.104. The number of aliphatic hydroxyl groups excluding tert-OH is 6. The molecule has 2 aromatic carbocycles. The van der Waals surface area contributed by atoms with Crippen LogP contribution >= 0.6 is 0 Å². The highest BCUT2D eigenvalue weighted by Gasteiger charge is 2.47. The van der Waals surface area contributed by atoms with E-state index in [4.69, 9.17) is 23.4 Å². The van der Waals surface area contributed by atoms with Gasteiger partial charge >= 0.3 is 0 Å². The molecule has 1 aromatic heterocycles. The molecule has 5 rings (SSSR count). The van der Waals surface area contributed by atoms with Crippen molar-refractivity contribution in [2.45, 2.75) is 68.3 Å². The summed E-state index contributed by atoms with van der Waals surface area (Å²) in [5, 5.41) is 101. The first kappa shape index (κ1) is 30.7. The van der Waals surface area contributed by atoms with E-state index in [1.165, 1.54) is 19.1 Å². The van der Waals surface area contributed by atoms with Crippen LogP contribution in [0, 0.1) is 0 Å². The first-order valence-electron chi connectivity index (χ1n) is 13.0.